The van der Waals surface area contributed by atoms with Gasteiger partial charge in [-0.1, -0.05) is 13.3 Å². The minimum absolute atomic E-state index is 0.193. The highest BCUT2D eigenvalue weighted by Crippen LogP contribution is 2.30. The van der Waals surface area contributed by atoms with Gasteiger partial charge in [0.25, 0.3) is 5.91 Å². The topological polar surface area (TPSA) is 99.4 Å². The highest BCUT2D eigenvalue weighted by molar-refractivity contribution is 7.98. The molecular weight excluding hydrogens is 354 g/mol. The summed E-state index contributed by atoms with van der Waals surface area (Å²) in [6.45, 7) is 4.30. The van der Waals surface area contributed by atoms with Crippen molar-refractivity contribution >= 4 is 23.6 Å². The quantitative estimate of drug-likeness (QED) is 0.719. The Morgan fingerprint density at radius 2 is 2.31 bits per heavy atom. The lowest BCUT2D eigenvalue weighted by molar-refractivity contribution is -0.143. The Labute approximate surface area is 156 Å². The third kappa shape index (κ3) is 3.65. The number of nitrogens with one attached hydrogen (secondary N) is 1. The van der Waals surface area contributed by atoms with Crippen molar-refractivity contribution in [3.8, 4) is 0 Å². The number of amides is 1. The minimum Gasteiger partial charge on any atom is -0.479 e. The van der Waals surface area contributed by atoms with E-state index >= 15 is 0 Å². The molecular formula is C18H23N3O4S. The molecule has 0 aliphatic carbocycles. The highest BCUT2D eigenvalue weighted by atomic mass is 32.2. The number of hydrogen-bond acceptors (Lipinski definition) is 5. The number of fused-ring (bicyclic) bond motifs is 1. The lowest BCUT2D eigenvalue weighted by Gasteiger charge is -2.31. The second-order valence-corrected chi connectivity index (χ2v) is 7.46. The first-order valence-electron chi connectivity index (χ1n) is 8.75. The number of carboxylic acids is 1. The van der Waals surface area contributed by atoms with E-state index in [0.717, 1.165) is 35.6 Å². The van der Waals surface area contributed by atoms with Gasteiger partial charge in [0.05, 0.1) is 12.0 Å². The number of rotatable bonds is 7. The van der Waals surface area contributed by atoms with Crippen LogP contribution in [0.4, 0.5) is 0 Å². The number of aryl methyl sites for hydroxylation is 1. The van der Waals surface area contributed by atoms with Crippen LogP contribution in [0.1, 0.15) is 59.1 Å². The maximum atomic E-state index is 12.9. The molecule has 26 heavy (non-hydrogen) atoms. The molecule has 140 valence electrons. The number of aromatic nitrogens is 2. The van der Waals surface area contributed by atoms with Crippen molar-refractivity contribution in [2.45, 2.75) is 44.9 Å². The maximum Gasteiger partial charge on any atom is 0.332 e. The van der Waals surface area contributed by atoms with Gasteiger partial charge in [-0.25, -0.2) is 9.78 Å². The second-order valence-electron chi connectivity index (χ2n) is 6.35. The van der Waals surface area contributed by atoms with Crippen molar-refractivity contribution < 1.29 is 19.1 Å². The van der Waals surface area contributed by atoms with Crippen LogP contribution >= 0.6 is 11.8 Å². The predicted octanol–water partition coefficient (Wildman–Crippen LogP) is 3.17. The zero-order valence-corrected chi connectivity index (χ0v) is 15.8. The number of furan rings is 1. The molecule has 1 aliphatic rings. The molecule has 8 heteroatoms. The number of H-pyrrole nitrogens is 1. The third-order valence-corrected chi connectivity index (χ3v) is 5.64. The summed E-state index contributed by atoms with van der Waals surface area (Å²) in [6, 6.07) is 0.653. The van der Waals surface area contributed by atoms with Crippen molar-refractivity contribution in [1.82, 2.24) is 14.9 Å². The van der Waals surface area contributed by atoms with Crippen LogP contribution in [0.25, 0.3) is 0 Å². The number of aliphatic carboxylic acids is 1. The molecule has 3 rings (SSSR count). The SMILES string of the molecule is CCCCSCc1cc(C(=O)N2CCc3[nH]cnc3[C@@H]2C(=O)O)oc1C. The molecule has 2 aromatic heterocycles. The first kappa shape index (κ1) is 18.6. The summed E-state index contributed by atoms with van der Waals surface area (Å²) in [5.41, 5.74) is 2.15. The van der Waals surface area contributed by atoms with Gasteiger partial charge in [0.2, 0.25) is 0 Å². The van der Waals surface area contributed by atoms with Crippen molar-refractivity contribution in [3.05, 3.63) is 40.9 Å². The molecule has 0 unspecified atom stereocenters. The van der Waals surface area contributed by atoms with E-state index in [2.05, 4.69) is 16.9 Å². The van der Waals surface area contributed by atoms with Gasteiger partial charge in [0.1, 0.15) is 5.76 Å². The molecule has 1 atom stereocenters. The summed E-state index contributed by atoms with van der Waals surface area (Å²) in [6.07, 6.45) is 4.33. The van der Waals surface area contributed by atoms with Crippen LogP contribution in [0.2, 0.25) is 0 Å². The molecule has 0 saturated heterocycles. The number of unbranched alkanes of at least 4 members (excludes halogenated alkanes) is 1. The number of carbonyl (C=O) groups is 2. The first-order valence-corrected chi connectivity index (χ1v) is 9.91. The smallest absolute Gasteiger partial charge is 0.332 e. The summed E-state index contributed by atoms with van der Waals surface area (Å²) in [7, 11) is 0. The van der Waals surface area contributed by atoms with Crippen LogP contribution < -0.4 is 0 Å². The van der Waals surface area contributed by atoms with E-state index in [1.54, 1.807) is 6.07 Å². The highest BCUT2D eigenvalue weighted by Gasteiger charge is 2.39. The van der Waals surface area contributed by atoms with Crippen LogP contribution in [0.3, 0.4) is 0 Å². The number of hydrogen-bond donors (Lipinski definition) is 2. The van der Waals surface area contributed by atoms with E-state index in [0.29, 0.717) is 24.4 Å². The van der Waals surface area contributed by atoms with Crippen LogP contribution in [-0.2, 0) is 17.0 Å². The normalized spacial score (nSPS) is 16.5. The minimum atomic E-state index is -1.09. The summed E-state index contributed by atoms with van der Waals surface area (Å²) >= 11 is 1.81. The van der Waals surface area contributed by atoms with Crippen molar-refractivity contribution in [2.24, 2.45) is 0 Å². The largest absolute Gasteiger partial charge is 0.479 e. The van der Waals surface area contributed by atoms with E-state index in [1.165, 1.54) is 11.2 Å². The van der Waals surface area contributed by atoms with Crippen LogP contribution in [0, 0.1) is 6.92 Å². The summed E-state index contributed by atoms with van der Waals surface area (Å²) < 4.78 is 5.66. The lowest BCUT2D eigenvalue weighted by Crippen LogP contribution is -2.43. The van der Waals surface area contributed by atoms with E-state index in [1.807, 2.05) is 18.7 Å². The number of thioether (sulfide) groups is 1. The fraction of sp³-hybridized carbons (Fsp3) is 0.500. The lowest BCUT2D eigenvalue weighted by atomic mass is 10.0. The summed E-state index contributed by atoms with van der Waals surface area (Å²) in [5.74, 6) is 1.26. The number of carbonyl (C=O) groups excluding carboxylic acids is 1. The zero-order valence-electron chi connectivity index (χ0n) is 14.9. The van der Waals surface area contributed by atoms with Gasteiger partial charge >= 0.3 is 5.97 Å². The van der Waals surface area contributed by atoms with Gasteiger partial charge in [-0.3, -0.25) is 4.79 Å². The summed E-state index contributed by atoms with van der Waals surface area (Å²) in [4.78, 5) is 33.0. The molecule has 3 heterocycles. The van der Waals surface area contributed by atoms with Gasteiger partial charge in [0, 0.05) is 30.0 Å². The van der Waals surface area contributed by atoms with Crippen LogP contribution in [0.15, 0.2) is 16.8 Å². The average molecular weight is 377 g/mol. The third-order valence-electron chi connectivity index (χ3n) is 4.55. The first-order chi connectivity index (χ1) is 12.5. The molecule has 2 aromatic rings. The van der Waals surface area contributed by atoms with Gasteiger partial charge in [-0.15, -0.1) is 0 Å². The average Bonchev–Trinajstić information content (AvgIpc) is 3.23. The number of imidazole rings is 1. The van der Waals surface area contributed by atoms with Gasteiger partial charge in [-0.2, -0.15) is 11.8 Å². The number of aromatic amines is 1. The molecule has 0 radical (unpaired) electrons. The Morgan fingerprint density at radius 3 is 3.04 bits per heavy atom. The summed E-state index contributed by atoms with van der Waals surface area (Å²) in [5, 5.41) is 9.61. The van der Waals surface area contributed by atoms with E-state index < -0.39 is 17.9 Å². The zero-order chi connectivity index (χ0) is 18.7. The molecule has 0 saturated carbocycles. The van der Waals surface area contributed by atoms with Gasteiger partial charge < -0.3 is 19.4 Å². The molecule has 2 N–H and O–H groups in total. The molecule has 0 bridgehead atoms. The van der Waals surface area contributed by atoms with Crippen molar-refractivity contribution in [3.63, 3.8) is 0 Å². The second kappa shape index (κ2) is 7.99. The number of nitrogens with zero attached hydrogens (tertiary/aromatic N) is 2. The standard InChI is InChI=1S/C18H23N3O4S/c1-3-4-7-26-9-12-8-14(25-11(12)2)17(22)21-6-5-13-15(20-10-19-13)16(21)18(23)24/h8,10,16H,3-7,9H2,1-2H3,(H,19,20)(H,23,24)/t16-/m1/s1. The Bertz CT molecular complexity index is 798. The van der Waals surface area contributed by atoms with Crippen LogP contribution in [-0.4, -0.2) is 44.1 Å². The Balaban J connectivity index is 1.77. The molecule has 0 spiro atoms. The molecule has 7 nitrogen and oxygen atoms in total. The fourth-order valence-corrected chi connectivity index (χ4v) is 4.23. The Hall–Kier alpha value is -2.22. The van der Waals surface area contributed by atoms with Gasteiger partial charge in [0.15, 0.2) is 11.8 Å². The number of carboxylic acid groups (broad SMARTS) is 1. The van der Waals surface area contributed by atoms with Gasteiger partial charge in [-0.05, 0) is 25.2 Å². The molecule has 0 fully saturated rings. The molecule has 1 aliphatic heterocycles. The monoisotopic (exact) mass is 377 g/mol. The van der Waals surface area contributed by atoms with E-state index in [4.69, 9.17) is 4.42 Å². The Kier molecular flexibility index (Phi) is 5.70. The maximum absolute atomic E-state index is 12.9. The fourth-order valence-electron chi connectivity index (χ4n) is 3.08. The molecule has 1 amide bonds. The van der Waals surface area contributed by atoms with E-state index in [-0.39, 0.29) is 5.76 Å². The predicted molar refractivity (Wildman–Crippen MR) is 98.2 cm³/mol. The Morgan fingerprint density at radius 1 is 1.50 bits per heavy atom. The van der Waals surface area contributed by atoms with E-state index in [9.17, 15) is 14.7 Å². The van der Waals surface area contributed by atoms with Crippen LogP contribution in [0.5, 0.6) is 0 Å². The van der Waals surface area contributed by atoms with Crippen molar-refractivity contribution in [2.75, 3.05) is 12.3 Å². The molecule has 0 aromatic carbocycles. The van der Waals surface area contributed by atoms with Crippen molar-refractivity contribution in [1.29, 1.82) is 0 Å².